The van der Waals surface area contributed by atoms with Gasteiger partial charge < -0.3 is 15.4 Å². The van der Waals surface area contributed by atoms with Gasteiger partial charge in [-0.1, -0.05) is 42.5 Å². The van der Waals surface area contributed by atoms with E-state index < -0.39 is 0 Å². The van der Waals surface area contributed by atoms with Crippen LogP contribution in [0.15, 0.2) is 60.7 Å². The first-order chi connectivity index (χ1) is 12.1. The molecule has 0 spiro atoms. The molecule has 2 amide bonds. The minimum absolute atomic E-state index is 0.139. The van der Waals surface area contributed by atoms with Gasteiger partial charge in [0.2, 0.25) is 5.91 Å². The molecule has 0 unspecified atom stereocenters. The number of methoxy groups -OCH3 is 1. The van der Waals surface area contributed by atoms with Crippen molar-refractivity contribution in [1.82, 2.24) is 10.6 Å². The molecule has 0 saturated heterocycles. The molecule has 2 aromatic rings. The Hall–Kier alpha value is -2.92. The lowest BCUT2D eigenvalue weighted by atomic mass is 10.1. The van der Waals surface area contributed by atoms with Crippen LogP contribution in [0, 0.1) is 0 Å². The first kappa shape index (κ1) is 18.4. The maximum absolute atomic E-state index is 12.0. The van der Waals surface area contributed by atoms with Crippen molar-refractivity contribution in [3.8, 4) is 0 Å². The first-order valence-corrected chi connectivity index (χ1v) is 8.00. The number of nitrogens with one attached hydrogen (secondary N) is 2. The molecule has 5 nitrogen and oxygen atoms in total. The molecule has 0 aliphatic carbocycles. The van der Waals surface area contributed by atoms with Crippen molar-refractivity contribution in [3.63, 3.8) is 0 Å². The molecule has 2 rings (SSSR count). The Kier molecular flexibility index (Phi) is 6.92. The molecule has 0 saturated carbocycles. The third-order valence-electron chi connectivity index (χ3n) is 3.74. The van der Waals surface area contributed by atoms with Crippen LogP contribution in [-0.4, -0.2) is 32.5 Å². The largest absolute Gasteiger partial charge is 0.375 e. The minimum Gasteiger partial charge on any atom is -0.375 e. The number of amides is 2. The predicted molar refractivity (Wildman–Crippen MR) is 98.1 cm³/mol. The highest BCUT2D eigenvalue weighted by molar-refractivity contribution is 5.94. The van der Waals surface area contributed by atoms with Crippen molar-refractivity contribution in [2.45, 2.75) is 6.10 Å². The van der Waals surface area contributed by atoms with E-state index in [2.05, 4.69) is 10.6 Å². The highest BCUT2D eigenvalue weighted by Gasteiger charge is 2.10. The van der Waals surface area contributed by atoms with Crippen LogP contribution in [0.25, 0.3) is 6.08 Å². The summed E-state index contributed by atoms with van der Waals surface area (Å²) in [5.74, 6) is -0.340. The van der Waals surface area contributed by atoms with Gasteiger partial charge in [0.05, 0.1) is 6.10 Å². The molecule has 0 aromatic heterocycles. The molecular weight excluding hydrogens is 316 g/mol. The molecule has 0 aliphatic heterocycles. The average molecular weight is 338 g/mol. The topological polar surface area (TPSA) is 67.4 Å². The van der Waals surface area contributed by atoms with Gasteiger partial charge in [0.15, 0.2) is 0 Å². The predicted octanol–water partition coefficient (Wildman–Crippen LogP) is 2.56. The number of benzene rings is 2. The fourth-order valence-electron chi connectivity index (χ4n) is 2.32. The zero-order valence-corrected chi connectivity index (χ0v) is 14.4. The number of rotatable bonds is 7. The van der Waals surface area contributed by atoms with E-state index >= 15 is 0 Å². The molecule has 0 bridgehead atoms. The molecule has 2 N–H and O–H groups in total. The number of carbonyl (C=O) groups excluding carboxylic acids is 2. The Morgan fingerprint density at radius 3 is 2.36 bits per heavy atom. The summed E-state index contributed by atoms with van der Waals surface area (Å²) in [6.07, 6.45) is 2.98. The van der Waals surface area contributed by atoms with Crippen molar-refractivity contribution in [2.75, 3.05) is 20.7 Å². The van der Waals surface area contributed by atoms with Crippen LogP contribution in [0.1, 0.15) is 27.6 Å². The Morgan fingerprint density at radius 1 is 1.08 bits per heavy atom. The summed E-state index contributed by atoms with van der Waals surface area (Å²) in [4.78, 5) is 23.5. The van der Waals surface area contributed by atoms with E-state index in [0.717, 1.165) is 11.1 Å². The van der Waals surface area contributed by atoms with Crippen molar-refractivity contribution in [1.29, 1.82) is 0 Å². The average Bonchev–Trinajstić information content (AvgIpc) is 2.67. The summed E-state index contributed by atoms with van der Waals surface area (Å²) in [5.41, 5.74) is 2.43. The zero-order valence-electron chi connectivity index (χ0n) is 14.4. The Balaban J connectivity index is 1.89. The molecule has 5 heteroatoms. The standard InChI is InChI=1S/C20H22N2O3/c1-21-20(24)17-11-8-15(9-12-17)10-13-19(23)22-14-18(25-2)16-6-4-3-5-7-16/h3-13,18H,14H2,1-2H3,(H,21,24)(H,22,23)/b13-10-/t18-/m0/s1. The minimum atomic E-state index is -0.201. The number of ether oxygens (including phenoxy) is 1. The number of hydrogen-bond donors (Lipinski definition) is 2. The van der Waals surface area contributed by atoms with Gasteiger partial charge in [-0.2, -0.15) is 0 Å². The Bertz CT molecular complexity index is 724. The second kappa shape index (κ2) is 9.39. The van der Waals surface area contributed by atoms with Gasteiger partial charge in [-0.25, -0.2) is 0 Å². The second-order valence-electron chi connectivity index (χ2n) is 5.41. The van der Waals surface area contributed by atoms with Crippen LogP contribution in [0.3, 0.4) is 0 Å². The Morgan fingerprint density at radius 2 is 1.76 bits per heavy atom. The molecule has 0 aliphatic rings. The maximum Gasteiger partial charge on any atom is 0.251 e. The molecule has 0 radical (unpaired) electrons. The lowest BCUT2D eigenvalue weighted by Gasteiger charge is -2.15. The number of hydrogen-bond acceptors (Lipinski definition) is 3. The second-order valence-corrected chi connectivity index (χ2v) is 5.41. The summed E-state index contributed by atoms with van der Waals surface area (Å²) < 4.78 is 5.42. The molecule has 0 fully saturated rings. The molecule has 2 aromatic carbocycles. The smallest absolute Gasteiger partial charge is 0.251 e. The lowest BCUT2D eigenvalue weighted by Crippen LogP contribution is -2.27. The van der Waals surface area contributed by atoms with E-state index in [9.17, 15) is 9.59 Å². The molecule has 25 heavy (non-hydrogen) atoms. The van der Waals surface area contributed by atoms with Gasteiger partial charge in [0.25, 0.3) is 5.91 Å². The van der Waals surface area contributed by atoms with E-state index in [1.54, 1.807) is 44.5 Å². The molecule has 1 atom stereocenters. The summed E-state index contributed by atoms with van der Waals surface area (Å²) in [6.45, 7) is 0.388. The van der Waals surface area contributed by atoms with E-state index in [1.807, 2.05) is 30.3 Å². The van der Waals surface area contributed by atoms with E-state index in [4.69, 9.17) is 4.74 Å². The van der Waals surface area contributed by atoms with Crippen LogP contribution in [0.4, 0.5) is 0 Å². The van der Waals surface area contributed by atoms with Crippen molar-refractivity contribution in [2.24, 2.45) is 0 Å². The summed E-state index contributed by atoms with van der Waals surface area (Å²) in [5, 5.41) is 5.39. The molecular formula is C20H22N2O3. The van der Waals surface area contributed by atoms with E-state index in [-0.39, 0.29) is 17.9 Å². The van der Waals surface area contributed by atoms with Gasteiger partial charge in [-0.05, 0) is 29.3 Å². The maximum atomic E-state index is 12.0. The molecule has 0 heterocycles. The van der Waals surface area contributed by atoms with Gasteiger partial charge in [-0.3, -0.25) is 9.59 Å². The van der Waals surface area contributed by atoms with Crippen molar-refractivity contribution >= 4 is 17.9 Å². The third kappa shape index (κ3) is 5.58. The SMILES string of the molecule is CNC(=O)c1ccc(/C=C\C(=O)NC[C@H](OC)c2ccccc2)cc1. The van der Waals surface area contributed by atoms with Crippen LogP contribution in [-0.2, 0) is 9.53 Å². The zero-order chi connectivity index (χ0) is 18.1. The summed E-state index contributed by atoms with van der Waals surface area (Å²) in [6, 6.07) is 16.7. The van der Waals surface area contributed by atoms with Crippen LogP contribution >= 0.6 is 0 Å². The summed E-state index contributed by atoms with van der Waals surface area (Å²) in [7, 11) is 3.21. The van der Waals surface area contributed by atoms with E-state index in [1.165, 1.54) is 6.08 Å². The van der Waals surface area contributed by atoms with E-state index in [0.29, 0.717) is 12.1 Å². The third-order valence-corrected chi connectivity index (χ3v) is 3.74. The van der Waals surface area contributed by atoms with Crippen LogP contribution in [0.5, 0.6) is 0 Å². The van der Waals surface area contributed by atoms with Gasteiger partial charge >= 0.3 is 0 Å². The highest BCUT2D eigenvalue weighted by Crippen LogP contribution is 2.14. The Labute approximate surface area is 147 Å². The van der Waals surface area contributed by atoms with Gasteiger partial charge in [0.1, 0.15) is 0 Å². The first-order valence-electron chi connectivity index (χ1n) is 8.00. The van der Waals surface area contributed by atoms with Crippen LogP contribution in [0.2, 0.25) is 0 Å². The quantitative estimate of drug-likeness (QED) is 0.763. The number of carbonyl (C=O) groups is 2. The summed E-state index contributed by atoms with van der Waals surface area (Å²) >= 11 is 0. The van der Waals surface area contributed by atoms with Gasteiger partial charge in [-0.15, -0.1) is 0 Å². The highest BCUT2D eigenvalue weighted by atomic mass is 16.5. The van der Waals surface area contributed by atoms with Crippen molar-refractivity contribution in [3.05, 3.63) is 77.4 Å². The fourth-order valence-corrected chi connectivity index (χ4v) is 2.32. The monoisotopic (exact) mass is 338 g/mol. The normalized spacial score (nSPS) is 11.9. The van der Waals surface area contributed by atoms with Crippen LogP contribution < -0.4 is 10.6 Å². The van der Waals surface area contributed by atoms with Gasteiger partial charge in [0, 0.05) is 32.3 Å². The lowest BCUT2D eigenvalue weighted by molar-refractivity contribution is -0.117. The molecule has 130 valence electrons. The van der Waals surface area contributed by atoms with Crippen molar-refractivity contribution < 1.29 is 14.3 Å². The fraction of sp³-hybridized carbons (Fsp3) is 0.200.